The Balaban J connectivity index is 0.000000755. The highest BCUT2D eigenvalue weighted by molar-refractivity contribution is 7.89. The number of anilines is 2. The fourth-order valence-corrected chi connectivity index (χ4v) is 6.62. The maximum absolute atomic E-state index is 13.0. The third-order valence-corrected chi connectivity index (χ3v) is 9.46. The number of carboxylic acid groups (broad SMARTS) is 1. The predicted octanol–water partition coefficient (Wildman–Crippen LogP) is 6.55. The highest BCUT2D eigenvalue weighted by Gasteiger charge is 2.38. The quantitative estimate of drug-likeness (QED) is 0.107. The summed E-state index contributed by atoms with van der Waals surface area (Å²) >= 11 is 0. The molecule has 16 heteroatoms. The van der Waals surface area contributed by atoms with Crippen LogP contribution < -0.4 is 20.7 Å². The first kappa shape index (κ1) is 39.1. The van der Waals surface area contributed by atoms with Crippen LogP contribution in [0.4, 0.5) is 29.7 Å². The lowest BCUT2D eigenvalue weighted by Crippen LogP contribution is -2.35. The maximum Gasteiger partial charge on any atom is 0.490 e. The number of aliphatic carboxylic acids is 1. The standard InChI is InChI=1S/C33H42N6O4S.C2HF3O2/c1-33(2,3)43-32(40)35-19-18-34-30-28-10-6-7-11-29(28)38-31(39-30)36-21-23-12-14-24(15-13-23)22-37-44(41,42)27-17-16-25-8-4-5-9-26(25)20-27;3-2(4,5)1(6)7/h4-11,16-17,20,23-24,37H,12-15,18-19,21-22H2,1-3H3,(H,35,40)(H2,34,36,38,39);(H,6,7). The molecule has 5 N–H and O–H groups in total. The fraction of sp³-hybridized carbons (Fsp3) is 0.429. The summed E-state index contributed by atoms with van der Waals surface area (Å²) in [5.41, 5.74) is 0.283. The van der Waals surface area contributed by atoms with Gasteiger partial charge in [0.05, 0.1) is 10.4 Å². The second kappa shape index (κ2) is 17.0. The van der Waals surface area contributed by atoms with Crippen LogP contribution in [0.3, 0.4) is 0 Å². The molecule has 1 amide bonds. The second-order valence-corrected chi connectivity index (χ2v) is 15.0. The first-order valence-electron chi connectivity index (χ1n) is 16.5. The monoisotopic (exact) mass is 732 g/mol. The van der Waals surface area contributed by atoms with Crippen LogP contribution in [0.1, 0.15) is 46.5 Å². The average Bonchev–Trinajstić information content (AvgIpc) is 3.07. The Bertz CT molecular complexity index is 1910. The number of nitrogens with one attached hydrogen (secondary N) is 4. The van der Waals surface area contributed by atoms with Crippen molar-refractivity contribution in [2.45, 2.75) is 63.1 Å². The molecule has 12 nitrogen and oxygen atoms in total. The Morgan fingerprint density at radius 1 is 0.843 bits per heavy atom. The molecule has 1 fully saturated rings. The Hall–Kier alpha value is -4.70. The summed E-state index contributed by atoms with van der Waals surface area (Å²) in [6.45, 7) is 7.54. The zero-order chi connectivity index (χ0) is 37.2. The van der Waals surface area contributed by atoms with E-state index >= 15 is 0 Å². The van der Waals surface area contributed by atoms with Gasteiger partial charge in [0.1, 0.15) is 11.4 Å². The molecule has 1 aliphatic rings. The van der Waals surface area contributed by atoms with Crippen molar-refractivity contribution in [1.82, 2.24) is 20.0 Å². The van der Waals surface area contributed by atoms with Crippen LogP contribution in [0, 0.1) is 11.8 Å². The SMILES string of the molecule is CC(C)(C)OC(=O)NCCNc1nc(NCC2CCC(CNS(=O)(=O)c3ccc4ccccc4c3)CC2)nc2ccccc12.O=C(O)C(F)(F)F. The molecule has 0 radical (unpaired) electrons. The van der Waals surface area contributed by atoms with Crippen molar-refractivity contribution >= 4 is 55.5 Å². The van der Waals surface area contributed by atoms with Crippen molar-refractivity contribution < 1.29 is 41.0 Å². The average molecular weight is 733 g/mol. The van der Waals surface area contributed by atoms with Crippen LogP contribution in [0.2, 0.25) is 0 Å². The summed E-state index contributed by atoms with van der Waals surface area (Å²) in [5, 5.41) is 19.5. The molecule has 0 saturated heterocycles. The molecule has 51 heavy (non-hydrogen) atoms. The van der Waals surface area contributed by atoms with Crippen molar-refractivity contribution in [1.29, 1.82) is 0 Å². The molecule has 0 bridgehead atoms. The number of halogens is 3. The lowest BCUT2D eigenvalue weighted by atomic mass is 9.82. The van der Waals surface area contributed by atoms with Crippen LogP contribution in [-0.4, -0.2) is 73.5 Å². The molecular weight excluding hydrogens is 689 g/mol. The number of alkyl carbamates (subject to hydrolysis) is 1. The summed E-state index contributed by atoms with van der Waals surface area (Å²) in [5.74, 6) is -0.744. The van der Waals surface area contributed by atoms with Gasteiger partial charge >= 0.3 is 18.2 Å². The van der Waals surface area contributed by atoms with Gasteiger partial charge in [-0.25, -0.2) is 27.7 Å². The van der Waals surface area contributed by atoms with E-state index in [1.807, 2.05) is 75.4 Å². The smallest absolute Gasteiger partial charge is 0.475 e. The van der Waals surface area contributed by atoms with Gasteiger partial charge < -0.3 is 25.8 Å². The van der Waals surface area contributed by atoms with E-state index < -0.39 is 33.9 Å². The number of fused-ring (bicyclic) bond motifs is 2. The zero-order valence-corrected chi connectivity index (χ0v) is 29.4. The molecule has 1 aromatic heterocycles. The number of para-hydroxylation sites is 1. The van der Waals surface area contributed by atoms with Crippen molar-refractivity contribution in [3.8, 4) is 0 Å². The largest absolute Gasteiger partial charge is 0.490 e. The zero-order valence-electron chi connectivity index (χ0n) is 28.6. The normalized spacial score (nSPS) is 16.5. The number of aromatic nitrogens is 2. The molecule has 0 unspecified atom stereocenters. The molecule has 1 heterocycles. The van der Waals surface area contributed by atoms with Crippen LogP contribution in [0.15, 0.2) is 71.6 Å². The minimum absolute atomic E-state index is 0.303. The lowest BCUT2D eigenvalue weighted by Gasteiger charge is -2.28. The molecule has 4 aromatic rings. The van der Waals surface area contributed by atoms with E-state index in [0.29, 0.717) is 48.1 Å². The highest BCUT2D eigenvalue weighted by Crippen LogP contribution is 2.30. The van der Waals surface area contributed by atoms with Crippen molar-refractivity contribution in [3.63, 3.8) is 0 Å². The predicted molar refractivity (Wildman–Crippen MR) is 189 cm³/mol. The highest BCUT2D eigenvalue weighted by atomic mass is 32.2. The van der Waals surface area contributed by atoms with E-state index in [4.69, 9.17) is 24.6 Å². The van der Waals surface area contributed by atoms with Gasteiger partial charge in [0.2, 0.25) is 16.0 Å². The number of sulfonamides is 1. The summed E-state index contributed by atoms with van der Waals surface area (Å²) in [6.07, 6.45) is -1.61. The number of carbonyl (C=O) groups excluding carboxylic acids is 1. The third-order valence-electron chi connectivity index (χ3n) is 8.04. The Morgan fingerprint density at radius 3 is 2.10 bits per heavy atom. The van der Waals surface area contributed by atoms with Gasteiger partial charge in [-0.15, -0.1) is 0 Å². The van der Waals surface area contributed by atoms with Crippen molar-refractivity contribution in [2.75, 3.05) is 36.8 Å². The molecule has 0 spiro atoms. The minimum atomic E-state index is -5.08. The van der Waals surface area contributed by atoms with E-state index in [9.17, 15) is 26.4 Å². The van der Waals surface area contributed by atoms with Gasteiger partial charge in [0.25, 0.3) is 0 Å². The van der Waals surface area contributed by atoms with E-state index in [-0.39, 0.29) is 0 Å². The number of hydrogen-bond donors (Lipinski definition) is 5. The topological polar surface area (TPSA) is 172 Å². The summed E-state index contributed by atoms with van der Waals surface area (Å²) < 4.78 is 65.8. The number of carbonyl (C=O) groups is 2. The van der Waals surface area contributed by atoms with Crippen LogP contribution in [0.5, 0.6) is 0 Å². The van der Waals surface area contributed by atoms with E-state index in [0.717, 1.165) is 53.9 Å². The van der Waals surface area contributed by atoms with Crippen LogP contribution in [-0.2, 0) is 19.6 Å². The number of rotatable bonds is 11. The second-order valence-electron chi connectivity index (χ2n) is 13.2. The number of amides is 1. The Labute approximate surface area is 294 Å². The third kappa shape index (κ3) is 12.2. The lowest BCUT2D eigenvalue weighted by molar-refractivity contribution is -0.192. The molecule has 0 atom stereocenters. The number of hydrogen-bond acceptors (Lipinski definition) is 9. The van der Waals surface area contributed by atoms with Gasteiger partial charge in [-0.3, -0.25) is 0 Å². The summed E-state index contributed by atoms with van der Waals surface area (Å²) in [4.78, 5) is 30.6. The number of alkyl halides is 3. The Kier molecular flexibility index (Phi) is 13.0. The summed E-state index contributed by atoms with van der Waals surface area (Å²) in [7, 11) is -3.56. The van der Waals surface area contributed by atoms with Crippen molar-refractivity contribution in [2.24, 2.45) is 11.8 Å². The first-order valence-corrected chi connectivity index (χ1v) is 18.0. The molecule has 3 aromatic carbocycles. The van der Waals surface area contributed by atoms with Crippen LogP contribution in [0.25, 0.3) is 21.7 Å². The molecule has 0 aliphatic heterocycles. The van der Waals surface area contributed by atoms with E-state index in [1.54, 1.807) is 12.1 Å². The fourth-order valence-electron chi connectivity index (χ4n) is 5.47. The number of benzene rings is 3. The van der Waals surface area contributed by atoms with Gasteiger partial charge in [-0.1, -0.05) is 42.5 Å². The van der Waals surface area contributed by atoms with Gasteiger partial charge in [0, 0.05) is 31.6 Å². The number of nitrogens with zero attached hydrogens (tertiary/aromatic N) is 2. The van der Waals surface area contributed by atoms with Crippen molar-refractivity contribution in [3.05, 3.63) is 66.7 Å². The Morgan fingerprint density at radius 2 is 1.45 bits per heavy atom. The molecule has 5 rings (SSSR count). The molecule has 1 aliphatic carbocycles. The molecular formula is C35H43F3N6O6S. The number of ether oxygens (including phenoxy) is 1. The first-order chi connectivity index (χ1) is 24.0. The summed E-state index contributed by atoms with van der Waals surface area (Å²) in [6, 6.07) is 20.8. The molecule has 276 valence electrons. The van der Waals surface area contributed by atoms with E-state index in [2.05, 4.69) is 20.7 Å². The van der Waals surface area contributed by atoms with E-state index in [1.165, 1.54) is 0 Å². The number of carboxylic acids is 1. The maximum atomic E-state index is 13.0. The van der Waals surface area contributed by atoms with Gasteiger partial charge in [-0.2, -0.15) is 18.2 Å². The molecule has 1 saturated carbocycles. The minimum Gasteiger partial charge on any atom is -0.475 e. The van der Waals surface area contributed by atoms with Crippen LogP contribution >= 0.6 is 0 Å². The van der Waals surface area contributed by atoms with Gasteiger partial charge in [0.15, 0.2) is 0 Å². The van der Waals surface area contributed by atoms with Gasteiger partial charge in [-0.05, 0) is 93.3 Å².